The molecule has 0 atom stereocenters. The van der Waals surface area contributed by atoms with Crippen molar-refractivity contribution in [1.29, 1.82) is 0 Å². The normalized spacial score (nSPS) is 11.0. The molecule has 0 aliphatic carbocycles. The molecule has 3 rings (SSSR count). The van der Waals surface area contributed by atoms with Crippen molar-refractivity contribution in [1.82, 2.24) is 0 Å². The van der Waals surface area contributed by atoms with Crippen LogP contribution in [0.5, 0.6) is 34.5 Å². The highest BCUT2D eigenvalue weighted by Crippen LogP contribution is 2.39. The van der Waals surface area contributed by atoms with Gasteiger partial charge in [0.25, 0.3) is 0 Å². The van der Waals surface area contributed by atoms with E-state index in [0.29, 0.717) is 40.0 Å². The summed E-state index contributed by atoms with van der Waals surface area (Å²) in [6, 6.07) is 13.8. The maximum atomic E-state index is 12.5. The van der Waals surface area contributed by atoms with E-state index >= 15 is 0 Å². The van der Waals surface area contributed by atoms with Gasteiger partial charge in [0.05, 0.1) is 35.5 Å². The number of aromatic hydroxyl groups is 1. The Morgan fingerprint density at radius 1 is 0.750 bits per heavy atom. The van der Waals surface area contributed by atoms with Crippen molar-refractivity contribution in [3.05, 3.63) is 65.2 Å². The number of Topliss-reactive ketones (excluding diaryl/α,β-unsaturated/α-hetero) is 1. The largest absolute Gasteiger partial charge is 0.504 e. The summed E-state index contributed by atoms with van der Waals surface area (Å²) in [5.74, 6) is 2.25. The van der Waals surface area contributed by atoms with Gasteiger partial charge in [0.15, 0.2) is 28.8 Å². The van der Waals surface area contributed by atoms with Crippen molar-refractivity contribution in [2.75, 3.05) is 35.5 Å². The number of aliphatic imine (C=N–C) groups is 1. The predicted molar refractivity (Wildman–Crippen MR) is 140 cm³/mol. The van der Waals surface area contributed by atoms with Crippen molar-refractivity contribution in [2.24, 2.45) is 4.99 Å². The summed E-state index contributed by atoms with van der Waals surface area (Å²) in [5, 5.41) is 9.91. The second kappa shape index (κ2) is 12.3. The van der Waals surface area contributed by atoms with E-state index in [1.54, 1.807) is 40.6 Å². The Morgan fingerprint density at radius 3 is 1.94 bits per heavy atom. The molecule has 36 heavy (non-hydrogen) atoms. The van der Waals surface area contributed by atoms with Crippen molar-refractivity contribution in [3.8, 4) is 34.5 Å². The molecule has 0 spiro atoms. The van der Waals surface area contributed by atoms with Crippen LogP contribution in [0.25, 0.3) is 12.2 Å². The number of rotatable bonds is 11. The van der Waals surface area contributed by atoms with Gasteiger partial charge in [-0.05, 0) is 53.6 Å². The molecule has 0 aliphatic heterocycles. The minimum atomic E-state index is -0.186. The molecule has 3 aromatic rings. The maximum absolute atomic E-state index is 12.5. The summed E-state index contributed by atoms with van der Waals surface area (Å²) in [6.45, 7) is 0. The molecule has 0 saturated heterocycles. The maximum Gasteiger partial charge on any atom is 0.203 e. The third-order valence-electron chi connectivity index (χ3n) is 5.37. The highest BCUT2D eigenvalue weighted by molar-refractivity contribution is 6.04. The average Bonchev–Trinajstić information content (AvgIpc) is 2.91. The molecule has 0 fully saturated rings. The minimum absolute atomic E-state index is 0.0560. The van der Waals surface area contributed by atoms with Gasteiger partial charge in [-0.1, -0.05) is 18.2 Å². The number of ether oxygens (including phenoxy) is 5. The van der Waals surface area contributed by atoms with Gasteiger partial charge in [-0.15, -0.1) is 0 Å². The standard InChI is InChI=1S/C28H29NO7/c1-32-24-10-8-18(6-7-19-15-26(34-3)28(36-5)27(16-19)35-4)14-21(24)29-13-12-22(30)20-9-11-25(33-2)23(31)17-20/h6-11,13-17,31H,12H2,1-5H3/b7-6-,29-13?. The summed E-state index contributed by atoms with van der Waals surface area (Å²) >= 11 is 0. The van der Waals surface area contributed by atoms with Crippen LogP contribution in [0.15, 0.2) is 53.5 Å². The second-order valence-electron chi connectivity index (χ2n) is 7.55. The predicted octanol–water partition coefficient (Wildman–Crippen LogP) is 5.58. The third kappa shape index (κ3) is 6.15. The zero-order chi connectivity index (χ0) is 26.1. The van der Waals surface area contributed by atoms with Crippen molar-refractivity contribution >= 4 is 29.8 Å². The number of phenolic OH excluding ortho intramolecular Hbond substituents is 1. The Kier molecular flexibility index (Phi) is 8.94. The Labute approximate surface area is 210 Å². The molecular weight excluding hydrogens is 462 g/mol. The first-order chi connectivity index (χ1) is 17.4. The third-order valence-corrected chi connectivity index (χ3v) is 5.37. The van der Waals surface area contributed by atoms with Crippen molar-refractivity contribution in [2.45, 2.75) is 6.42 Å². The van der Waals surface area contributed by atoms with Gasteiger partial charge < -0.3 is 28.8 Å². The van der Waals surface area contributed by atoms with E-state index in [0.717, 1.165) is 11.1 Å². The van der Waals surface area contributed by atoms with E-state index in [1.807, 2.05) is 42.5 Å². The lowest BCUT2D eigenvalue weighted by Crippen LogP contribution is -1.99. The Morgan fingerprint density at radius 2 is 1.36 bits per heavy atom. The monoisotopic (exact) mass is 491 g/mol. The molecule has 0 heterocycles. The van der Waals surface area contributed by atoms with Crippen LogP contribution in [0.3, 0.4) is 0 Å². The van der Waals surface area contributed by atoms with E-state index in [-0.39, 0.29) is 18.0 Å². The molecule has 0 unspecified atom stereocenters. The second-order valence-corrected chi connectivity index (χ2v) is 7.55. The van der Waals surface area contributed by atoms with Gasteiger partial charge >= 0.3 is 0 Å². The highest BCUT2D eigenvalue weighted by Gasteiger charge is 2.12. The fourth-order valence-corrected chi connectivity index (χ4v) is 3.51. The Bertz CT molecular complexity index is 1260. The number of methoxy groups -OCH3 is 5. The molecule has 8 nitrogen and oxygen atoms in total. The number of ketones is 1. The van der Waals surface area contributed by atoms with Crippen LogP contribution in [0.4, 0.5) is 5.69 Å². The van der Waals surface area contributed by atoms with E-state index in [9.17, 15) is 9.90 Å². The van der Waals surface area contributed by atoms with E-state index < -0.39 is 0 Å². The van der Waals surface area contributed by atoms with Crippen molar-refractivity contribution < 1.29 is 33.6 Å². The van der Waals surface area contributed by atoms with Crippen molar-refractivity contribution in [3.63, 3.8) is 0 Å². The first-order valence-electron chi connectivity index (χ1n) is 11.0. The molecule has 1 N–H and O–H groups in total. The van der Waals surface area contributed by atoms with Gasteiger partial charge in [0, 0.05) is 18.2 Å². The highest BCUT2D eigenvalue weighted by atomic mass is 16.5. The molecule has 188 valence electrons. The molecule has 0 saturated carbocycles. The van der Waals surface area contributed by atoms with Gasteiger partial charge in [0.2, 0.25) is 5.75 Å². The number of benzene rings is 3. The number of hydrogen-bond acceptors (Lipinski definition) is 8. The first kappa shape index (κ1) is 26.2. The lowest BCUT2D eigenvalue weighted by atomic mass is 10.1. The summed E-state index contributed by atoms with van der Waals surface area (Å²) in [5.41, 5.74) is 2.69. The van der Waals surface area contributed by atoms with Gasteiger partial charge in [-0.3, -0.25) is 9.79 Å². The molecule has 8 heteroatoms. The summed E-state index contributed by atoms with van der Waals surface area (Å²) in [4.78, 5) is 16.9. The summed E-state index contributed by atoms with van der Waals surface area (Å²) in [7, 11) is 7.71. The lowest BCUT2D eigenvalue weighted by Gasteiger charge is -2.12. The topological polar surface area (TPSA) is 95.8 Å². The summed E-state index contributed by atoms with van der Waals surface area (Å²) in [6.07, 6.45) is 5.42. The molecule has 0 radical (unpaired) electrons. The number of nitrogens with zero attached hydrogens (tertiary/aromatic N) is 1. The Balaban J connectivity index is 1.79. The molecule has 0 aliphatic rings. The van der Waals surface area contributed by atoms with Crippen LogP contribution >= 0.6 is 0 Å². The SMILES string of the molecule is COc1ccc(C(=O)CC=Nc2cc(/C=C\c3cc(OC)c(OC)c(OC)c3)ccc2OC)cc1O. The van der Waals surface area contributed by atoms with Crippen LogP contribution in [-0.2, 0) is 0 Å². The molecule has 0 bridgehead atoms. The van der Waals surface area contributed by atoms with E-state index in [1.165, 1.54) is 19.4 Å². The number of carbonyl (C=O) groups excluding carboxylic acids is 1. The average molecular weight is 492 g/mol. The molecule has 3 aromatic carbocycles. The number of carbonyl (C=O) groups is 1. The first-order valence-corrected chi connectivity index (χ1v) is 11.0. The minimum Gasteiger partial charge on any atom is -0.504 e. The van der Waals surface area contributed by atoms with Crippen LogP contribution in [-0.4, -0.2) is 52.7 Å². The van der Waals surface area contributed by atoms with Gasteiger partial charge in [-0.25, -0.2) is 0 Å². The summed E-state index contributed by atoms with van der Waals surface area (Å²) < 4.78 is 26.6. The number of hydrogen-bond donors (Lipinski definition) is 1. The zero-order valence-electron chi connectivity index (χ0n) is 20.9. The fraction of sp³-hybridized carbons (Fsp3) is 0.214. The molecule has 0 aromatic heterocycles. The van der Waals surface area contributed by atoms with Crippen LogP contribution in [0.2, 0.25) is 0 Å². The van der Waals surface area contributed by atoms with Crippen LogP contribution < -0.4 is 23.7 Å². The van der Waals surface area contributed by atoms with Gasteiger partial charge in [-0.2, -0.15) is 0 Å². The lowest BCUT2D eigenvalue weighted by molar-refractivity contribution is 0.100. The smallest absolute Gasteiger partial charge is 0.203 e. The zero-order valence-corrected chi connectivity index (χ0v) is 20.9. The fourth-order valence-electron chi connectivity index (χ4n) is 3.51. The van der Waals surface area contributed by atoms with E-state index in [4.69, 9.17) is 23.7 Å². The van der Waals surface area contributed by atoms with E-state index in [2.05, 4.69) is 4.99 Å². The van der Waals surface area contributed by atoms with Crippen LogP contribution in [0, 0.1) is 0 Å². The number of phenols is 1. The quantitative estimate of drug-likeness (QED) is 0.212. The van der Waals surface area contributed by atoms with Gasteiger partial charge in [0.1, 0.15) is 11.4 Å². The Hall–Kier alpha value is -4.46. The molecular formula is C28H29NO7. The molecule has 0 amide bonds. The van der Waals surface area contributed by atoms with Crippen LogP contribution in [0.1, 0.15) is 27.9 Å².